The highest BCUT2D eigenvalue weighted by Gasteiger charge is 2.18. The van der Waals surface area contributed by atoms with Crippen LogP contribution in [0.2, 0.25) is 0 Å². The van der Waals surface area contributed by atoms with Crippen LogP contribution in [0, 0.1) is 18.6 Å². The first kappa shape index (κ1) is 20.4. The van der Waals surface area contributed by atoms with Gasteiger partial charge >= 0.3 is 0 Å². The molecule has 0 unspecified atom stereocenters. The summed E-state index contributed by atoms with van der Waals surface area (Å²) in [6.07, 6.45) is 3.06. The van der Waals surface area contributed by atoms with E-state index in [0.717, 1.165) is 12.1 Å². The summed E-state index contributed by atoms with van der Waals surface area (Å²) in [4.78, 5) is 14.9. The van der Waals surface area contributed by atoms with Crippen LogP contribution in [0.25, 0.3) is 11.1 Å². The number of carbonyl (C=O) groups is 1. The maximum atomic E-state index is 13.4. The van der Waals surface area contributed by atoms with Crippen LogP contribution < -0.4 is 10.0 Å². The lowest BCUT2D eigenvalue weighted by Crippen LogP contribution is -2.14. The van der Waals surface area contributed by atoms with Crippen molar-refractivity contribution < 1.29 is 22.0 Å². The second kappa shape index (κ2) is 7.96. The Morgan fingerprint density at radius 2 is 1.72 bits per heavy atom. The molecule has 29 heavy (non-hydrogen) atoms. The predicted octanol–water partition coefficient (Wildman–Crippen LogP) is 4.09. The molecule has 0 aliphatic carbocycles. The summed E-state index contributed by atoms with van der Waals surface area (Å²) in [5.41, 5.74) is 2.71. The van der Waals surface area contributed by atoms with Crippen LogP contribution in [-0.4, -0.2) is 19.3 Å². The van der Waals surface area contributed by atoms with Crippen LogP contribution in [0.15, 0.2) is 59.8 Å². The van der Waals surface area contributed by atoms with Gasteiger partial charge in [0, 0.05) is 18.7 Å². The summed E-state index contributed by atoms with van der Waals surface area (Å²) in [5, 5.41) is 2.63. The summed E-state index contributed by atoms with van der Waals surface area (Å²) in [6, 6.07) is 9.15. The Bertz CT molecular complexity index is 1200. The molecule has 1 heterocycles. The van der Waals surface area contributed by atoms with Gasteiger partial charge in [0.25, 0.3) is 10.0 Å². The molecule has 0 bridgehead atoms. The first-order chi connectivity index (χ1) is 13.7. The molecule has 0 saturated carbocycles. The Kier molecular flexibility index (Phi) is 5.60. The minimum absolute atomic E-state index is 0.243. The van der Waals surface area contributed by atoms with Crippen molar-refractivity contribution in [3.63, 3.8) is 0 Å². The lowest BCUT2D eigenvalue weighted by Gasteiger charge is -2.13. The van der Waals surface area contributed by atoms with Gasteiger partial charge in [-0.2, -0.15) is 0 Å². The number of nitrogens with one attached hydrogen (secondary N) is 2. The molecule has 0 radical (unpaired) electrons. The quantitative estimate of drug-likeness (QED) is 0.654. The number of hydrogen-bond donors (Lipinski definition) is 2. The number of sulfonamides is 1. The predicted molar refractivity (Wildman–Crippen MR) is 106 cm³/mol. The number of rotatable bonds is 5. The van der Waals surface area contributed by atoms with E-state index in [1.165, 1.54) is 13.1 Å². The van der Waals surface area contributed by atoms with Crippen molar-refractivity contribution in [1.82, 2.24) is 4.98 Å². The van der Waals surface area contributed by atoms with Crippen LogP contribution in [-0.2, 0) is 14.8 Å². The van der Waals surface area contributed by atoms with E-state index in [2.05, 4.69) is 15.0 Å². The molecule has 2 N–H and O–H groups in total. The van der Waals surface area contributed by atoms with Gasteiger partial charge in [-0.1, -0.05) is 12.1 Å². The minimum Gasteiger partial charge on any atom is -0.325 e. The third-order valence-electron chi connectivity index (χ3n) is 4.08. The summed E-state index contributed by atoms with van der Waals surface area (Å²) in [5.74, 6) is -2.62. The van der Waals surface area contributed by atoms with E-state index in [-0.39, 0.29) is 11.6 Å². The molecule has 3 aromatic rings. The summed E-state index contributed by atoms with van der Waals surface area (Å²) >= 11 is 0. The maximum absolute atomic E-state index is 13.4. The van der Waals surface area contributed by atoms with Gasteiger partial charge in [-0.3, -0.25) is 14.5 Å². The van der Waals surface area contributed by atoms with Crippen LogP contribution >= 0.6 is 0 Å². The number of hydrogen-bond acceptors (Lipinski definition) is 4. The standard InChI is InChI=1S/C20H17F2N3O3S/c1-12-3-4-14(15-7-16(11-23-10-15)24-13(2)26)8-20(12)25-29(27,28)17-5-6-18(21)19(22)9-17/h3-11,25H,1-2H3,(H,24,26). The van der Waals surface area contributed by atoms with Gasteiger partial charge in [-0.25, -0.2) is 17.2 Å². The molecular formula is C20H17F2N3O3S. The van der Waals surface area contributed by atoms with Crippen LogP contribution in [0.1, 0.15) is 12.5 Å². The number of halogens is 2. The SMILES string of the molecule is CC(=O)Nc1cncc(-c2ccc(C)c(NS(=O)(=O)c3ccc(F)c(F)c3)c2)c1. The molecule has 0 saturated heterocycles. The highest BCUT2D eigenvalue weighted by atomic mass is 32.2. The van der Waals surface area contributed by atoms with Crippen molar-refractivity contribution in [2.45, 2.75) is 18.7 Å². The first-order valence-corrected chi connectivity index (χ1v) is 9.95. The van der Waals surface area contributed by atoms with Crippen molar-refractivity contribution in [3.8, 4) is 11.1 Å². The van der Waals surface area contributed by atoms with Crippen LogP contribution in [0.3, 0.4) is 0 Å². The first-order valence-electron chi connectivity index (χ1n) is 8.47. The molecule has 0 atom stereocenters. The zero-order chi connectivity index (χ0) is 21.2. The lowest BCUT2D eigenvalue weighted by molar-refractivity contribution is -0.114. The fraction of sp³-hybridized carbons (Fsp3) is 0.100. The van der Waals surface area contributed by atoms with Gasteiger partial charge in [-0.15, -0.1) is 0 Å². The van der Waals surface area contributed by atoms with Crippen molar-refractivity contribution in [2.75, 3.05) is 10.0 Å². The van der Waals surface area contributed by atoms with E-state index in [9.17, 15) is 22.0 Å². The second-order valence-electron chi connectivity index (χ2n) is 6.35. The van der Waals surface area contributed by atoms with Gasteiger partial charge in [0.1, 0.15) is 0 Å². The highest BCUT2D eigenvalue weighted by molar-refractivity contribution is 7.92. The molecular weight excluding hydrogens is 400 g/mol. The maximum Gasteiger partial charge on any atom is 0.262 e. The summed E-state index contributed by atoms with van der Waals surface area (Å²) < 4.78 is 54.1. The van der Waals surface area contributed by atoms with E-state index in [4.69, 9.17) is 0 Å². The van der Waals surface area contributed by atoms with E-state index in [0.29, 0.717) is 28.4 Å². The lowest BCUT2D eigenvalue weighted by atomic mass is 10.0. The summed E-state index contributed by atoms with van der Waals surface area (Å²) in [7, 11) is -4.13. The van der Waals surface area contributed by atoms with Gasteiger partial charge in [0.05, 0.1) is 22.5 Å². The number of nitrogens with zero attached hydrogens (tertiary/aromatic N) is 1. The van der Waals surface area contributed by atoms with Crippen molar-refractivity contribution in [1.29, 1.82) is 0 Å². The van der Waals surface area contributed by atoms with Crippen LogP contribution in [0.5, 0.6) is 0 Å². The van der Waals surface area contributed by atoms with E-state index >= 15 is 0 Å². The number of anilines is 2. The molecule has 2 aromatic carbocycles. The average Bonchev–Trinajstić information content (AvgIpc) is 2.65. The number of aryl methyl sites for hydroxylation is 1. The van der Waals surface area contributed by atoms with E-state index in [1.54, 1.807) is 37.4 Å². The van der Waals surface area contributed by atoms with Crippen molar-refractivity contribution in [2.24, 2.45) is 0 Å². The third-order valence-corrected chi connectivity index (χ3v) is 5.44. The molecule has 1 amide bonds. The molecule has 6 nitrogen and oxygen atoms in total. The normalized spacial score (nSPS) is 11.2. The molecule has 150 valence electrons. The van der Waals surface area contributed by atoms with Crippen molar-refractivity contribution in [3.05, 3.63) is 72.1 Å². The van der Waals surface area contributed by atoms with E-state index in [1.807, 2.05) is 0 Å². The summed E-state index contributed by atoms with van der Waals surface area (Å²) in [6.45, 7) is 3.09. The molecule has 0 spiro atoms. The molecule has 9 heteroatoms. The number of carbonyl (C=O) groups excluding carboxylic acids is 1. The Morgan fingerprint density at radius 1 is 0.966 bits per heavy atom. The molecule has 3 rings (SSSR count). The molecule has 0 aliphatic heterocycles. The van der Waals surface area contributed by atoms with Crippen molar-refractivity contribution >= 4 is 27.3 Å². The number of aromatic nitrogens is 1. The Labute approximate surface area is 166 Å². The minimum atomic E-state index is -4.13. The topological polar surface area (TPSA) is 88.2 Å². The number of pyridine rings is 1. The highest BCUT2D eigenvalue weighted by Crippen LogP contribution is 2.28. The molecule has 1 aromatic heterocycles. The largest absolute Gasteiger partial charge is 0.325 e. The smallest absolute Gasteiger partial charge is 0.262 e. The number of amides is 1. The fourth-order valence-electron chi connectivity index (χ4n) is 2.63. The van der Waals surface area contributed by atoms with Gasteiger partial charge in [0.2, 0.25) is 5.91 Å². The number of benzene rings is 2. The van der Waals surface area contributed by atoms with Gasteiger partial charge in [0.15, 0.2) is 11.6 Å². The van der Waals surface area contributed by atoms with E-state index < -0.39 is 26.6 Å². The van der Waals surface area contributed by atoms with Gasteiger partial charge < -0.3 is 5.32 Å². The second-order valence-corrected chi connectivity index (χ2v) is 8.04. The monoisotopic (exact) mass is 417 g/mol. The zero-order valence-corrected chi connectivity index (χ0v) is 16.3. The Balaban J connectivity index is 1.95. The Morgan fingerprint density at radius 3 is 2.41 bits per heavy atom. The molecule has 0 aliphatic rings. The molecule has 0 fully saturated rings. The Hall–Kier alpha value is -3.33. The zero-order valence-electron chi connectivity index (χ0n) is 15.5. The van der Waals surface area contributed by atoms with Crippen LogP contribution in [0.4, 0.5) is 20.2 Å². The fourth-order valence-corrected chi connectivity index (χ4v) is 3.76. The third kappa shape index (κ3) is 4.75. The van der Waals surface area contributed by atoms with Gasteiger partial charge in [-0.05, 0) is 48.4 Å². The average molecular weight is 417 g/mol.